The van der Waals surface area contributed by atoms with Gasteiger partial charge in [-0.1, -0.05) is 0 Å². The van der Waals surface area contributed by atoms with E-state index in [1.54, 1.807) is 7.11 Å². The van der Waals surface area contributed by atoms with E-state index in [1.165, 1.54) is 14.8 Å². The third kappa shape index (κ3) is 3.70. The number of aromatic nitrogens is 1. The molecule has 2 aromatic carbocycles. The molecule has 3 rings (SSSR count). The van der Waals surface area contributed by atoms with Gasteiger partial charge in [0.2, 0.25) is 0 Å². The summed E-state index contributed by atoms with van der Waals surface area (Å²) in [6.07, 6.45) is 4.01. The second kappa shape index (κ2) is 7.21. The minimum absolute atomic E-state index is 0.861. The zero-order valence-corrected chi connectivity index (χ0v) is 16.1. The predicted molar refractivity (Wildman–Crippen MR) is 108 cm³/mol. The molecule has 0 spiro atoms. The van der Waals surface area contributed by atoms with E-state index in [4.69, 9.17) is 4.74 Å². The van der Waals surface area contributed by atoms with Crippen molar-refractivity contribution in [3.63, 3.8) is 0 Å². The Bertz CT molecular complexity index is 879. The van der Waals surface area contributed by atoms with Gasteiger partial charge in [0.25, 0.3) is 0 Å². The number of hydrogen-bond acceptors (Lipinski definition) is 2. The topological polar surface area (TPSA) is 26.5 Å². The number of benzene rings is 2. The molecule has 3 nitrogen and oxygen atoms in total. The van der Waals surface area contributed by atoms with Crippen molar-refractivity contribution >= 4 is 34.5 Å². The highest BCUT2D eigenvalue weighted by molar-refractivity contribution is 14.1. The van der Waals surface area contributed by atoms with Crippen molar-refractivity contribution < 1.29 is 4.74 Å². The molecular formula is C20H19IN2O. The number of aliphatic imine (C=N–C) groups is 1. The molecule has 1 heterocycles. The maximum atomic E-state index is 5.22. The molecule has 0 fully saturated rings. The molecule has 0 saturated heterocycles. The first-order valence-electron chi connectivity index (χ1n) is 7.70. The lowest BCUT2D eigenvalue weighted by molar-refractivity contribution is 0.414. The molecule has 0 aliphatic carbocycles. The first-order chi connectivity index (χ1) is 11.6. The summed E-state index contributed by atoms with van der Waals surface area (Å²) in [6.45, 7) is 4.20. The molecule has 4 heteroatoms. The zero-order chi connectivity index (χ0) is 17.1. The number of halogens is 1. The molecule has 0 atom stereocenters. The van der Waals surface area contributed by atoms with Gasteiger partial charge in [-0.25, -0.2) is 0 Å². The van der Waals surface area contributed by atoms with Gasteiger partial charge in [0.15, 0.2) is 0 Å². The highest BCUT2D eigenvalue weighted by atomic mass is 127. The molecule has 0 amide bonds. The summed E-state index contributed by atoms with van der Waals surface area (Å²) in [5.74, 6) is 0.861. The Morgan fingerprint density at radius 3 is 2.46 bits per heavy atom. The molecule has 0 bridgehead atoms. The Labute approximate surface area is 156 Å². The summed E-state index contributed by atoms with van der Waals surface area (Å²) in [5, 5.41) is 0. The van der Waals surface area contributed by atoms with Crippen LogP contribution in [0, 0.1) is 17.4 Å². The average molecular weight is 430 g/mol. The maximum Gasteiger partial charge on any atom is 0.119 e. The number of aryl methyl sites for hydroxylation is 2. The molecule has 0 aliphatic rings. The first-order valence-corrected chi connectivity index (χ1v) is 8.78. The first kappa shape index (κ1) is 16.8. The van der Waals surface area contributed by atoms with Crippen LogP contribution in [0.2, 0.25) is 0 Å². The standard InChI is InChI=1S/C20H19IN2O/c1-14-10-17(4-9-20(14)21)22-12-16-11-15(2)23(13-16)18-5-7-19(24-3)8-6-18/h4-13H,1-3H3. The summed E-state index contributed by atoms with van der Waals surface area (Å²) >= 11 is 2.34. The molecular weight excluding hydrogens is 411 g/mol. The fourth-order valence-corrected chi connectivity index (χ4v) is 2.88. The van der Waals surface area contributed by atoms with Crippen LogP contribution >= 0.6 is 22.6 Å². The lowest BCUT2D eigenvalue weighted by Crippen LogP contribution is -1.94. The number of ether oxygens (including phenoxy) is 1. The molecule has 3 aromatic rings. The van der Waals surface area contributed by atoms with Crippen molar-refractivity contribution in [3.05, 3.63) is 75.1 Å². The van der Waals surface area contributed by atoms with E-state index < -0.39 is 0 Å². The number of methoxy groups -OCH3 is 1. The van der Waals surface area contributed by atoms with Gasteiger partial charge in [-0.2, -0.15) is 0 Å². The Morgan fingerprint density at radius 1 is 1.04 bits per heavy atom. The SMILES string of the molecule is COc1ccc(-n2cc(C=Nc3ccc(I)c(C)c3)cc2C)cc1. The molecule has 0 N–H and O–H groups in total. The normalized spacial score (nSPS) is 11.2. The van der Waals surface area contributed by atoms with Gasteiger partial charge in [0, 0.05) is 32.9 Å². The highest BCUT2D eigenvalue weighted by Gasteiger charge is 2.04. The Morgan fingerprint density at radius 2 is 1.79 bits per heavy atom. The van der Waals surface area contributed by atoms with Crippen molar-refractivity contribution in [3.8, 4) is 11.4 Å². The van der Waals surface area contributed by atoms with Crippen LogP contribution in [0.15, 0.2) is 59.7 Å². The summed E-state index contributed by atoms with van der Waals surface area (Å²) in [5.41, 5.74) is 5.58. The summed E-state index contributed by atoms with van der Waals surface area (Å²) < 4.78 is 8.63. The lowest BCUT2D eigenvalue weighted by Gasteiger charge is -2.06. The number of rotatable bonds is 4. The van der Waals surface area contributed by atoms with Crippen LogP contribution in [0.1, 0.15) is 16.8 Å². The van der Waals surface area contributed by atoms with E-state index in [-0.39, 0.29) is 0 Å². The van der Waals surface area contributed by atoms with Gasteiger partial charge in [-0.15, -0.1) is 0 Å². The van der Waals surface area contributed by atoms with Crippen molar-refractivity contribution in [2.45, 2.75) is 13.8 Å². The number of hydrogen-bond donors (Lipinski definition) is 0. The fraction of sp³-hybridized carbons (Fsp3) is 0.150. The van der Waals surface area contributed by atoms with Gasteiger partial charge in [0.05, 0.1) is 12.8 Å². The van der Waals surface area contributed by atoms with E-state index in [9.17, 15) is 0 Å². The summed E-state index contributed by atoms with van der Waals surface area (Å²) in [4.78, 5) is 4.59. The minimum Gasteiger partial charge on any atom is -0.497 e. The Kier molecular flexibility index (Phi) is 5.04. The zero-order valence-electron chi connectivity index (χ0n) is 14.0. The van der Waals surface area contributed by atoms with Crippen molar-refractivity contribution in [2.75, 3.05) is 7.11 Å². The molecule has 0 radical (unpaired) electrons. The van der Waals surface area contributed by atoms with Gasteiger partial charge >= 0.3 is 0 Å². The predicted octanol–water partition coefficient (Wildman–Crippen LogP) is 5.46. The smallest absolute Gasteiger partial charge is 0.119 e. The van der Waals surface area contributed by atoms with Crippen molar-refractivity contribution in [1.82, 2.24) is 4.57 Å². The minimum atomic E-state index is 0.861. The molecule has 0 unspecified atom stereocenters. The van der Waals surface area contributed by atoms with E-state index in [1.807, 2.05) is 24.4 Å². The molecule has 0 aliphatic heterocycles. The maximum absolute atomic E-state index is 5.22. The van der Waals surface area contributed by atoms with Crippen molar-refractivity contribution in [1.29, 1.82) is 0 Å². The van der Waals surface area contributed by atoms with E-state index in [2.05, 4.69) is 82.5 Å². The van der Waals surface area contributed by atoms with Crippen molar-refractivity contribution in [2.24, 2.45) is 4.99 Å². The second-order valence-electron chi connectivity index (χ2n) is 5.67. The molecule has 1 aromatic heterocycles. The molecule has 0 saturated carbocycles. The third-order valence-corrected chi connectivity index (χ3v) is 5.10. The van der Waals surface area contributed by atoms with E-state index >= 15 is 0 Å². The van der Waals surface area contributed by atoms with Crippen LogP contribution in [0.3, 0.4) is 0 Å². The van der Waals surface area contributed by atoms with Crippen LogP contribution in [0.5, 0.6) is 5.75 Å². The fourth-order valence-electron chi connectivity index (χ4n) is 2.55. The Hall–Kier alpha value is -2.08. The lowest BCUT2D eigenvalue weighted by atomic mass is 10.2. The monoisotopic (exact) mass is 430 g/mol. The number of nitrogens with zero attached hydrogens (tertiary/aromatic N) is 2. The highest BCUT2D eigenvalue weighted by Crippen LogP contribution is 2.21. The van der Waals surface area contributed by atoms with E-state index in [0.717, 1.165) is 22.7 Å². The Balaban J connectivity index is 1.85. The van der Waals surface area contributed by atoms with Crippen LogP contribution in [0.4, 0.5) is 5.69 Å². The third-order valence-electron chi connectivity index (χ3n) is 3.89. The largest absolute Gasteiger partial charge is 0.497 e. The van der Waals surface area contributed by atoms with Gasteiger partial charge in [-0.05, 0) is 90.5 Å². The summed E-state index contributed by atoms with van der Waals surface area (Å²) in [7, 11) is 1.68. The quantitative estimate of drug-likeness (QED) is 0.399. The molecule has 24 heavy (non-hydrogen) atoms. The van der Waals surface area contributed by atoms with Gasteiger partial charge in [-0.3, -0.25) is 4.99 Å². The van der Waals surface area contributed by atoms with Crippen LogP contribution in [-0.4, -0.2) is 17.9 Å². The van der Waals surface area contributed by atoms with Gasteiger partial charge in [0.1, 0.15) is 5.75 Å². The summed E-state index contributed by atoms with van der Waals surface area (Å²) in [6, 6.07) is 16.4. The second-order valence-corrected chi connectivity index (χ2v) is 6.84. The van der Waals surface area contributed by atoms with Crippen LogP contribution in [0.25, 0.3) is 5.69 Å². The van der Waals surface area contributed by atoms with Gasteiger partial charge < -0.3 is 9.30 Å². The molecule has 122 valence electrons. The van der Waals surface area contributed by atoms with E-state index in [0.29, 0.717) is 0 Å². The van der Waals surface area contributed by atoms with Crippen LogP contribution < -0.4 is 4.74 Å². The average Bonchev–Trinajstić information content (AvgIpc) is 2.97. The van der Waals surface area contributed by atoms with Crippen LogP contribution in [-0.2, 0) is 0 Å².